The molecule has 0 aliphatic rings. The fraction of sp³-hybridized carbons (Fsp3) is 0.333. The molecule has 0 aliphatic heterocycles. The Morgan fingerprint density at radius 2 is 2.00 bits per heavy atom. The SMILES string of the molecule is COCN(C)N=Nc1ccc(Br)cc1. The normalized spacial score (nSPS) is 10.8. The van der Waals surface area contributed by atoms with E-state index < -0.39 is 0 Å². The number of rotatable bonds is 4. The average molecular weight is 258 g/mol. The summed E-state index contributed by atoms with van der Waals surface area (Å²) < 4.78 is 5.91. The van der Waals surface area contributed by atoms with Crippen LogP contribution in [-0.4, -0.2) is 25.9 Å². The highest BCUT2D eigenvalue weighted by Crippen LogP contribution is 2.16. The van der Waals surface area contributed by atoms with Crippen molar-refractivity contribution in [3.63, 3.8) is 0 Å². The summed E-state index contributed by atoms with van der Waals surface area (Å²) in [7, 11) is 3.41. The Kier molecular flexibility index (Phi) is 4.55. The van der Waals surface area contributed by atoms with E-state index in [0.29, 0.717) is 6.73 Å². The second kappa shape index (κ2) is 5.72. The van der Waals surface area contributed by atoms with Gasteiger partial charge in [0.05, 0.1) is 5.69 Å². The number of nitrogens with zero attached hydrogens (tertiary/aromatic N) is 3. The molecule has 0 fully saturated rings. The minimum atomic E-state index is 0.431. The highest BCUT2D eigenvalue weighted by atomic mass is 79.9. The minimum absolute atomic E-state index is 0.431. The maximum Gasteiger partial charge on any atom is 0.135 e. The zero-order valence-electron chi connectivity index (χ0n) is 8.14. The summed E-state index contributed by atoms with van der Waals surface area (Å²) in [5.74, 6) is 0. The van der Waals surface area contributed by atoms with Gasteiger partial charge >= 0.3 is 0 Å². The summed E-state index contributed by atoms with van der Waals surface area (Å²) >= 11 is 3.35. The Morgan fingerprint density at radius 1 is 1.36 bits per heavy atom. The maximum atomic E-state index is 4.88. The lowest BCUT2D eigenvalue weighted by atomic mass is 10.3. The van der Waals surface area contributed by atoms with Gasteiger partial charge in [0, 0.05) is 18.6 Å². The van der Waals surface area contributed by atoms with Crippen LogP contribution in [0.4, 0.5) is 5.69 Å². The lowest BCUT2D eigenvalue weighted by Gasteiger charge is -2.08. The van der Waals surface area contributed by atoms with E-state index in [0.717, 1.165) is 10.2 Å². The first-order chi connectivity index (χ1) is 6.72. The first-order valence-corrected chi connectivity index (χ1v) is 4.89. The molecule has 0 spiro atoms. The number of ether oxygens (including phenoxy) is 1. The van der Waals surface area contributed by atoms with E-state index in [9.17, 15) is 0 Å². The summed E-state index contributed by atoms with van der Waals surface area (Å²) in [6.45, 7) is 0.431. The molecule has 1 aromatic carbocycles. The molecule has 76 valence electrons. The standard InChI is InChI=1S/C9H12BrN3O/c1-13(7-14-2)12-11-9-5-3-8(10)4-6-9/h3-6H,7H2,1-2H3. The van der Waals surface area contributed by atoms with Crippen molar-refractivity contribution in [1.82, 2.24) is 5.01 Å². The molecule has 5 heteroatoms. The maximum absolute atomic E-state index is 4.88. The molecule has 1 aromatic rings. The fourth-order valence-corrected chi connectivity index (χ4v) is 1.11. The van der Waals surface area contributed by atoms with Crippen LogP contribution in [0, 0.1) is 0 Å². The van der Waals surface area contributed by atoms with Crippen molar-refractivity contribution in [2.45, 2.75) is 0 Å². The number of hydrogen-bond acceptors (Lipinski definition) is 3. The van der Waals surface area contributed by atoms with Crippen LogP contribution in [0.5, 0.6) is 0 Å². The summed E-state index contributed by atoms with van der Waals surface area (Å²) in [6, 6.07) is 7.61. The van der Waals surface area contributed by atoms with Crippen molar-refractivity contribution in [3.05, 3.63) is 28.7 Å². The van der Waals surface area contributed by atoms with Gasteiger partial charge in [0.1, 0.15) is 6.73 Å². The van der Waals surface area contributed by atoms with E-state index in [-0.39, 0.29) is 0 Å². The summed E-state index contributed by atoms with van der Waals surface area (Å²) in [5, 5.41) is 9.56. The van der Waals surface area contributed by atoms with Crippen LogP contribution in [0.25, 0.3) is 0 Å². The fourth-order valence-electron chi connectivity index (χ4n) is 0.848. The van der Waals surface area contributed by atoms with Crippen LogP contribution in [0.15, 0.2) is 39.1 Å². The van der Waals surface area contributed by atoms with Crippen molar-refractivity contribution in [3.8, 4) is 0 Å². The summed E-state index contributed by atoms with van der Waals surface area (Å²) in [4.78, 5) is 0. The Morgan fingerprint density at radius 3 is 2.57 bits per heavy atom. The molecule has 0 radical (unpaired) electrons. The third kappa shape index (κ3) is 3.85. The molecule has 0 saturated heterocycles. The molecule has 0 unspecified atom stereocenters. The lowest BCUT2D eigenvalue weighted by molar-refractivity contribution is 0.0788. The molecule has 14 heavy (non-hydrogen) atoms. The first kappa shape index (κ1) is 11.1. The lowest BCUT2D eigenvalue weighted by Crippen LogP contribution is -2.12. The molecule has 0 saturated carbocycles. The quantitative estimate of drug-likeness (QED) is 0.473. The number of halogens is 1. The van der Waals surface area contributed by atoms with Crippen molar-refractivity contribution in [2.24, 2.45) is 10.3 Å². The van der Waals surface area contributed by atoms with Crippen LogP contribution in [0.3, 0.4) is 0 Å². The molecule has 0 amide bonds. The number of benzene rings is 1. The monoisotopic (exact) mass is 257 g/mol. The molecule has 0 bridgehead atoms. The van der Waals surface area contributed by atoms with E-state index >= 15 is 0 Å². The first-order valence-electron chi connectivity index (χ1n) is 4.09. The van der Waals surface area contributed by atoms with E-state index in [1.165, 1.54) is 0 Å². The summed E-state index contributed by atoms with van der Waals surface area (Å²) in [5.41, 5.74) is 0.816. The highest BCUT2D eigenvalue weighted by molar-refractivity contribution is 9.10. The zero-order valence-corrected chi connectivity index (χ0v) is 9.73. The molecule has 0 aliphatic carbocycles. The van der Waals surface area contributed by atoms with E-state index in [1.807, 2.05) is 24.3 Å². The molecule has 0 atom stereocenters. The van der Waals surface area contributed by atoms with E-state index in [1.54, 1.807) is 19.2 Å². The van der Waals surface area contributed by atoms with Gasteiger partial charge in [-0.05, 0) is 24.3 Å². The van der Waals surface area contributed by atoms with Gasteiger partial charge in [0.15, 0.2) is 0 Å². The van der Waals surface area contributed by atoms with E-state index in [2.05, 4.69) is 26.3 Å². The highest BCUT2D eigenvalue weighted by Gasteiger charge is 1.91. The molecule has 1 rings (SSSR count). The van der Waals surface area contributed by atoms with Crippen LogP contribution in [0.1, 0.15) is 0 Å². The largest absolute Gasteiger partial charge is 0.363 e. The third-order valence-electron chi connectivity index (χ3n) is 1.46. The van der Waals surface area contributed by atoms with Crippen LogP contribution in [-0.2, 0) is 4.74 Å². The van der Waals surface area contributed by atoms with Gasteiger partial charge in [-0.25, -0.2) is 0 Å². The Balaban J connectivity index is 2.55. The second-order valence-corrected chi connectivity index (χ2v) is 3.66. The zero-order chi connectivity index (χ0) is 10.4. The third-order valence-corrected chi connectivity index (χ3v) is 1.98. The molecule has 0 aromatic heterocycles. The van der Waals surface area contributed by atoms with Gasteiger partial charge in [-0.2, -0.15) is 0 Å². The van der Waals surface area contributed by atoms with Crippen molar-refractivity contribution < 1.29 is 4.74 Å². The molecule has 0 N–H and O–H groups in total. The number of hydrogen-bond donors (Lipinski definition) is 0. The van der Waals surface area contributed by atoms with E-state index in [4.69, 9.17) is 4.74 Å². The van der Waals surface area contributed by atoms with Crippen molar-refractivity contribution in [1.29, 1.82) is 0 Å². The average Bonchev–Trinajstić information content (AvgIpc) is 2.17. The molecular formula is C9H12BrN3O. The van der Waals surface area contributed by atoms with Gasteiger partial charge in [0.2, 0.25) is 0 Å². The van der Waals surface area contributed by atoms with Crippen LogP contribution < -0.4 is 0 Å². The Bertz CT molecular complexity index is 299. The minimum Gasteiger partial charge on any atom is -0.363 e. The van der Waals surface area contributed by atoms with Crippen molar-refractivity contribution in [2.75, 3.05) is 20.9 Å². The van der Waals surface area contributed by atoms with Crippen molar-refractivity contribution >= 4 is 21.6 Å². The summed E-state index contributed by atoms with van der Waals surface area (Å²) in [6.07, 6.45) is 0. The predicted octanol–water partition coefficient (Wildman–Crippen LogP) is 2.98. The van der Waals surface area contributed by atoms with Gasteiger partial charge in [0.25, 0.3) is 0 Å². The Hall–Kier alpha value is -0.940. The smallest absolute Gasteiger partial charge is 0.135 e. The van der Waals surface area contributed by atoms with Crippen LogP contribution in [0.2, 0.25) is 0 Å². The molecular weight excluding hydrogens is 246 g/mol. The predicted molar refractivity (Wildman–Crippen MR) is 58.3 cm³/mol. The second-order valence-electron chi connectivity index (χ2n) is 2.74. The number of methoxy groups -OCH3 is 1. The molecule has 4 nitrogen and oxygen atoms in total. The molecule has 0 heterocycles. The van der Waals surface area contributed by atoms with Crippen LogP contribution >= 0.6 is 15.9 Å². The van der Waals surface area contributed by atoms with Gasteiger partial charge in [-0.15, -0.1) is 5.11 Å². The van der Waals surface area contributed by atoms with Gasteiger partial charge in [-0.1, -0.05) is 21.2 Å². The van der Waals surface area contributed by atoms with Gasteiger partial charge < -0.3 is 4.74 Å². The topological polar surface area (TPSA) is 37.2 Å². The Labute approximate surface area is 91.7 Å². The van der Waals surface area contributed by atoms with Gasteiger partial charge in [-0.3, -0.25) is 5.01 Å².